The Bertz CT molecular complexity index is 2030. The third-order valence-electron chi connectivity index (χ3n) is 7.01. The van der Waals surface area contributed by atoms with Gasteiger partial charge in [0.05, 0.1) is 44.5 Å². The Morgan fingerprint density at radius 1 is 0.160 bits per heavy atom. The van der Waals surface area contributed by atoms with E-state index in [-0.39, 0.29) is 0 Å². The summed E-state index contributed by atoms with van der Waals surface area (Å²) in [6, 6.07) is -1.03. The average Bonchev–Trinajstić information content (AvgIpc) is 3.06. The van der Waals surface area contributed by atoms with Crippen molar-refractivity contribution in [2.75, 3.05) is 0 Å². The molecule has 0 amide bonds. The smallest absolute Gasteiger partial charge is 0.170 e. The monoisotopic (exact) mass is 742 g/mol. The zero-order valence-electron chi connectivity index (χ0n) is 22.7. The fourth-order valence-electron chi connectivity index (χ4n) is 4.80. The molecule has 5 aromatic rings. The Hall–Kier alpha value is -5.30. The lowest BCUT2D eigenvalue weighted by Gasteiger charge is -2.18. The average molecular weight is 742 g/mol. The van der Waals surface area contributed by atoms with Crippen LogP contribution < -0.4 is 0 Å². The van der Waals surface area contributed by atoms with Crippen LogP contribution in [0.3, 0.4) is 0 Å². The Kier molecular flexibility index (Phi) is 8.81. The predicted molar refractivity (Wildman–Crippen MR) is 127 cm³/mol. The van der Waals surface area contributed by atoms with E-state index >= 15 is 35.1 Å². The van der Waals surface area contributed by atoms with E-state index < -0.39 is 173 Å². The Labute approximate surface area is 261 Å². The zero-order chi connectivity index (χ0) is 37.6. The van der Waals surface area contributed by atoms with Crippen LogP contribution in [0.5, 0.6) is 0 Å². The van der Waals surface area contributed by atoms with E-state index in [0.29, 0.717) is 0 Å². The normalized spacial score (nSPS) is 11.6. The van der Waals surface area contributed by atoms with Crippen molar-refractivity contribution >= 4 is 0 Å². The van der Waals surface area contributed by atoms with Crippen LogP contribution in [0, 0.1) is 116 Å². The van der Waals surface area contributed by atoms with Crippen molar-refractivity contribution in [2.24, 2.45) is 0 Å². The molecule has 0 aliphatic heterocycles. The number of benzene rings is 5. The van der Waals surface area contributed by atoms with E-state index in [0.717, 1.165) is 0 Å². The largest absolute Gasteiger partial charge is 0.204 e. The molecule has 0 spiro atoms. The van der Waals surface area contributed by atoms with Crippen LogP contribution in [0.4, 0.5) is 87.8 Å². The molecule has 0 bridgehead atoms. The van der Waals surface area contributed by atoms with Gasteiger partial charge in [0, 0.05) is 12.1 Å². The summed E-state index contributed by atoms with van der Waals surface area (Å²) in [5.74, 6) is -58.4. The highest BCUT2D eigenvalue weighted by Gasteiger charge is 2.40. The standard InChI is InChI=1S/C30H2F20/c31-3-1-4(32)16(36)7(15(3)35)9-19(39)23(43)11(24(44)20(9)40)13-27(47)29(49)14(30(50)28(13)48)12-25(45)21(41)10(22(42)26(12)46)8-17(37)5(33)2-6(34)18(8)38/h1-2H. The second-order valence-corrected chi connectivity index (χ2v) is 9.70. The molecule has 0 unspecified atom stereocenters. The number of rotatable bonds is 4. The van der Waals surface area contributed by atoms with Gasteiger partial charge in [0.25, 0.3) is 0 Å². The molecule has 0 nitrogen and oxygen atoms in total. The third-order valence-corrected chi connectivity index (χ3v) is 7.01. The van der Waals surface area contributed by atoms with Gasteiger partial charge in [-0.2, -0.15) is 0 Å². The van der Waals surface area contributed by atoms with Crippen LogP contribution in [0.25, 0.3) is 44.5 Å². The van der Waals surface area contributed by atoms with Gasteiger partial charge in [0.1, 0.15) is 0 Å². The highest BCUT2D eigenvalue weighted by atomic mass is 19.2. The van der Waals surface area contributed by atoms with Gasteiger partial charge in [-0.15, -0.1) is 0 Å². The summed E-state index contributed by atoms with van der Waals surface area (Å²) in [7, 11) is 0. The lowest BCUT2D eigenvalue weighted by Crippen LogP contribution is -2.13. The maximum absolute atomic E-state index is 15.2. The van der Waals surface area contributed by atoms with Crippen molar-refractivity contribution in [3.8, 4) is 44.5 Å². The summed E-state index contributed by atoms with van der Waals surface area (Å²) in [4.78, 5) is 0. The van der Waals surface area contributed by atoms with Crippen molar-refractivity contribution in [3.63, 3.8) is 0 Å². The van der Waals surface area contributed by atoms with Crippen molar-refractivity contribution in [3.05, 3.63) is 128 Å². The lowest BCUT2D eigenvalue weighted by molar-refractivity contribution is 0.433. The van der Waals surface area contributed by atoms with Crippen LogP contribution in [0.1, 0.15) is 0 Å². The summed E-state index contributed by atoms with van der Waals surface area (Å²) < 4.78 is 291. The molecule has 0 saturated carbocycles. The molecule has 0 saturated heterocycles. The number of halogens is 20. The minimum atomic E-state index is -3.26. The van der Waals surface area contributed by atoms with Gasteiger partial charge in [0.2, 0.25) is 0 Å². The quantitative estimate of drug-likeness (QED) is 0.127. The molecule has 0 aliphatic carbocycles. The van der Waals surface area contributed by atoms with Gasteiger partial charge in [-0.05, 0) is 0 Å². The molecule has 0 heterocycles. The second kappa shape index (κ2) is 12.2. The van der Waals surface area contributed by atoms with Crippen LogP contribution in [-0.4, -0.2) is 0 Å². The van der Waals surface area contributed by atoms with Crippen molar-refractivity contribution in [1.82, 2.24) is 0 Å². The first-order chi connectivity index (χ1) is 23.2. The number of hydrogen-bond acceptors (Lipinski definition) is 0. The summed E-state index contributed by atoms with van der Waals surface area (Å²) in [6.45, 7) is 0. The van der Waals surface area contributed by atoms with Crippen LogP contribution in [0.2, 0.25) is 0 Å². The summed E-state index contributed by atoms with van der Waals surface area (Å²) in [6.07, 6.45) is 0. The Morgan fingerprint density at radius 3 is 0.380 bits per heavy atom. The predicted octanol–water partition coefficient (Wildman–Crippen LogP) is 11.1. The zero-order valence-corrected chi connectivity index (χ0v) is 22.7. The maximum atomic E-state index is 15.2. The minimum Gasteiger partial charge on any atom is -0.204 e. The van der Waals surface area contributed by atoms with E-state index in [1.165, 1.54) is 0 Å². The van der Waals surface area contributed by atoms with E-state index in [1.54, 1.807) is 0 Å². The molecule has 0 N–H and O–H groups in total. The van der Waals surface area contributed by atoms with Gasteiger partial charge >= 0.3 is 0 Å². The number of hydrogen-bond donors (Lipinski definition) is 0. The van der Waals surface area contributed by atoms with Gasteiger partial charge in [-0.1, -0.05) is 0 Å². The van der Waals surface area contributed by atoms with Crippen molar-refractivity contribution in [2.45, 2.75) is 0 Å². The molecule has 5 aromatic carbocycles. The molecule has 0 fully saturated rings. The van der Waals surface area contributed by atoms with Gasteiger partial charge < -0.3 is 0 Å². The molecule has 0 aliphatic rings. The molecule has 0 atom stereocenters. The van der Waals surface area contributed by atoms with Crippen LogP contribution in [0.15, 0.2) is 12.1 Å². The van der Waals surface area contributed by atoms with Gasteiger partial charge in [0.15, 0.2) is 116 Å². The summed E-state index contributed by atoms with van der Waals surface area (Å²) in [5.41, 5.74) is -21.4. The highest BCUT2D eigenvalue weighted by Crippen LogP contribution is 2.46. The molecule has 20 heteroatoms. The van der Waals surface area contributed by atoms with Gasteiger partial charge in [-0.25, -0.2) is 87.8 Å². The van der Waals surface area contributed by atoms with Crippen LogP contribution >= 0.6 is 0 Å². The molecule has 50 heavy (non-hydrogen) atoms. The molecular weight excluding hydrogens is 740 g/mol. The molecule has 262 valence electrons. The minimum absolute atomic E-state index is 0.516. The van der Waals surface area contributed by atoms with E-state index in [9.17, 15) is 52.7 Å². The van der Waals surface area contributed by atoms with Gasteiger partial charge in [-0.3, -0.25) is 0 Å². The van der Waals surface area contributed by atoms with E-state index in [4.69, 9.17) is 0 Å². The fourth-order valence-corrected chi connectivity index (χ4v) is 4.80. The second-order valence-electron chi connectivity index (χ2n) is 9.70. The SMILES string of the molecule is Fc1cc(F)c(F)c(-c2c(F)c(F)c(-c3c(F)c(F)c(-c4c(F)c(F)c(-c5c(F)c(F)cc(F)c5F)c(F)c4F)c(F)c3F)c(F)c2F)c1F. The first kappa shape index (κ1) is 36.0. The molecular formula is C30H2F20. The lowest BCUT2D eigenvalue weighted by atomic mass is 9.92. The maximum Gasteiger partial charge on any atom is 0.170 e. The molecule has 0 aromatic heterocycles. The van der Waals surface area contributed by atoms with E-state index in [1.807, 2.05) is 0 Å². The van der Waals surface area contributed by atoms with E-state index in [2.05, 4.69) is 0 Å². The third kappa shape index (κ3) is 4.93. The molecule has 5 rings (SSSR count). The van der Waals surface area contributed by atoms with Crippen molar-refractivity contribution < 1.29 is 87.8 Å². The topological polar surface area (TPSA) is 0 Å². The van der Waals surface area contributed by atoms with Crippen molar-refractivity contribution in [1.29, 1.82) is 0 Å². The fraction of sp³-hybridized carbons (Fsp3) is 0. The first-order valence-corrected chi connectivity index (χ1v) is 12.4. The Balaban J connectivity index is 1.82. The first-order valence-electron chi connectivity index (χ1n) is 12.4. The summed E-state index contributed by atoms with van der Waals surface area (Å²) >= 11 is 0. The molecule has 0 radical (unpaired) electrons. The Morgan fingerprint density at radius 2 is 0.260 bits per heavy atom. The summed E-state index contributed by atoms with van der Waals surface area (Å²) in [5, 5.41) is 0. The highest BCUT2D eigenvalue weighted by molar-refractivity contribution is 5.79. The van der Waals surface area contributed by atoms with Crippen LogP contribution in [-0.2, 0) is 0 Å².